The number of anilines is 2. The van der Waals surface area contributed by atoms with Crippen LogP contribution in [0.1, 0.15) is 51.0 Å². The van der Waals surface area contributed by atoms with Gasteiger partial charge in [0.05, 0.1) is 22.4 Å². The van der Waals surface area contributed by atoms with Crippen molar-refractivity contribution < 1.29 is 17.9 Å². The summed E-state index contributed by atoms with van der Waals surface area (Å²) in [7, 11) is 1.43. The average molecular weight is 701 g/mol. The zero-order valence-electron chi connectivity index (χ0n) is 27.0. The molecule has 4 aliphatic heterocycles. The van der Waals surface area contributed by atoms with Crippen molar-refractivity contribution in [2.24, 2.45) is 5.73 Å². The summed E-state index contributed by atoms with van der Waals surface area (Å²) in [6.45, 7) is 6.19. The first-order chi connectivity index (χ1) is 23.2. The molecule has 6 heterocycles. The van der Waals surface area contributed by atoms with Crippen LogP contribution in [-0.2, 0) is 0 Å². The number of alkyl halides is 1. The molecule has 0 aliphatic carbocycles. The van der Waals surface area contributed by atoms with E-state index >= 15 is 4.39 Å². The Hall–Kier alpha value is -3.41. The number of benzene rings is 2. The largest absolute Gasteiger partial charge is 0.467 e. The lowest BCUT2D eigenvalue weighted by Crippen LogP contribution is -2.51. The van der Waals surface area contributed by atoms with Crippen LogP contribution in [0.25, 0.3) is 32.1 Å². The van der Waals surface area contributed by atoms with Gasteiger partial charge in [-0.15, -0.1) is 11.3 Å². The van der Waals surface area contributed by atoms with Crippen molar-refractivity contribution in [1.29, 1.82) is 5.26 Å². The summed E-state index contributed by atoms with van der Waals surface area (Å²) in [6.07, 6.45) is 6.06. The molecular formula is C34H40ClF3N8OS. The minimum absolute atomic E-state index is 0.0190. The third kappa shape index (κ3) is 6.61. The van der Waals surface area contributed by atoms with E-state index in [1.165, 1.54) is 32.1 Å². The number of hydrogen-bond acceptors (Lipinski definition) is 10. The third-order valence-corrected chi connectivity index (χ3v) is 10.8. The van der Waals surface area contributed by atoms with E-state index in [2.05, 4.69) is 32.0 Å². The van der Waals surface area contributed by atoms with Crippen LogP contribution < -0.4 is 26.4 Å². The first-order valence-corrected chi connectivity index (χ1v) is 17.6. The summed E-state index contributed by atoms with van der Waals surface area (Å²) in [5.74, 6) is -0.688. The Morgan fingerprint density at radius 1 is 1.17 bits per heavy atom. The number of ether oxygens (including phenoxy) is 1. The van der Waals surface area contributed by atoms with Crippen molar-refractivity contribution in [3.05, 3.63) is 40.4 Å². The van der Waals surface area contributed by atoms with Gasteiger partial charge in [-0.2, -0.15) is 15.2 Å². The zero-order chi connectivity index (χ0) is 34.1. The van der Waals surface area contributed by atoms with Crippen LogP contribution in [-0.4, -0.2) is 79.0 Å². The number of fused-ring (bicyclic) bond motifs is 5. The van der Waals surface area contributed by atoms with Crippen LogP contribution in [0.15, 0.2) is 18.2 Å². The second kappa shape index (κ2) is 14.6. The van der Waals surface area contributed by atoms with Gasteiger partial charge in [0.15, 0.2) is 5.82 Å². The maximum absolute atomic E-state index is 16.3. The average Bonchev–Trinajstić information content (AvgIpc) is 3.84. The monoisotopic (exact) mass is 700 g/mol. The zero-order valence-corrected chi connectivity index (χ0v) is 28.6. The highest BCUT2D eigenvalue weighted by atomic mass is 35.5. The summed E-state index contributed by atoms with van der Waals surface area (Å²) >= 11 is 7.62. The molecule has 2 aromatic carbocycles. The highest BCUT2D eigenvalue weighted by molar-refractivity contribution is 7.23. The lowest BCUT2D eigenvalue weighted by molar-refractivity contribution is 0.292. The normalized spacial score (nSPS) is 23.0. The number of hydrogen-bond donors (Lipinski definition) is 3. The quantitative estimate of drug-likeness (QED) is 0.222. The molecule has 4 saturated heterocycles. The Bertz CT molecular complexity index is 1830. The topological polar surface area (TPSA) is 129 Å². The molecule has 0 saturated carbocycles. The van der Waals surface area contributed by atoms with Crippen molar-refractivity contribution in [3.8, 4) is 23.2 Å². The highest BCUT2D eigenvalue weighted by Gasteiger charge is 2.36. The number of nitrogens with one attached hydrogen (secondary N) is 1. The van der Waals surface area contributed by atoms with E-state index in [4.69, 9.17) is 27.8 Å². The minimum atomic E-state index is -0.700. The fourth-order valence-electron chi connectivity index (χ4n) is 7.24. The van der Waals surface area contributed by atoms with Crippen LogP contribution in [0.4, 0.5) is 24.0 Å². The number of nitrogens with two attached hydrogens (primary N) is 2. The lowest BCUT2D eigenvalue weighted by atomic mass is 9.97. The second-order valence-corrected chi connectivity index (χ2v) is 14.1. The van der Waals surface area contributed by atoms with Crippen molar-refractivity contribution in [2.75, 3.05) is 50.5 Å². The molecule has 0 radical (unpaired) electrons. The molecule has 2 bridgehead atoms. The van der Waals surface area contributed by atoms with E-state index in [0.717, 1.165) is 63.2 Å². The Balaban J connectivity index is 0.000000258. The van der Waals surface area contributed by atoms with Gasteiger partial charge in [-0.05, 0) is 69.3 Å². The summed E-state index contributed by atoms with van der Waals surface area (Å²) in [4.78, 5) is 13.3. The van der Waals surface area contributed by atoms with Crippen LogP contribution >= 0.6 is 22.9 Å². The second-order valence-electron chi connectivity index (χ2n) is 12.7. The van der Waals surface area contributed by atoms with E-state index in [0.29, 0.717) is 35.9 Å². The molecule has 4 atom stereocenters. The number of nitrogens with zero attached hydrogens (tertiary/aromatic N) is 5. The molecule has 4 aromatic rings. The number of rotatable bonds is 4. The van der Waals surface area contributed by atoms with Gasteiger partial charge in [-0.25, -0.2) is 13.2 Å². The molecule has 14 heteroatoms. The van der Waals surface area contributed by atoms with Crippen LogP contribution in [0.5, 0.6) is 6.01 Å². The maximum Gasteiger partial charge on any atom is 0.318 e. The molecule has 5 N–H and O–H groups in total. The van der Waals surface area contributed by atoms with Gasteiger partial charge >= 0.3 is 6.01 Å². The van der Waals surface area contributed by atoms with Crippen LogP contribution in [0.2, 0.25) is 5.02 Å². The third-order valence-electron chi connectivity index (χ3n) is 9.49. The number of nitriles is 1. The van der Waals surface area contributed by atoms with E-state index in [-0.39, 0.29) is 48.3 Å². The molecule has 4 unspecified atom stereocenters. The predicted octanol–water partition coefficient (Wildman–Crippen LogP) is 6.39. The molecular weight excluding hydrogens is 661 g/mol. The molecule has 48 heavy (non-hydrogen) atoms. The fraction of sp³-hybridized carbons (Fsp3) is 0.500. The highest BCUT2D eigenvalue weighted by Crippen LogP contribution is 2.46. The molecule has 0 amide bonds. The summed E-state index contributed by atoms with van der Waals surface area (Å²) in [5.41, 5.74) is 11.4. The van der Waals surface area contributed by atoms with Gasteiger partial charge in [0.1, 0.15) is 34.4 Å². The number of halogens is 4. The van der Waals surface area contributed by atoms with E-state index < -0.39 is 17.8 Å². The Morgan fingerprint density at radius 2 is 1.90 bits per heavy atom. The number of piperazine rings is 1. The smallest absolute Gasteiger partial charge is 0.318 e. The Morgan fingerprint density at radius 3 is 2.54 bits per heavy atom. The number of nitrogen functional groups attached to an aromatic ring is 1. The van der Waals surface area contributed by atoms with Crippen LogP contribution in [0, 0.1) is 23.0 Å². The van der Waals surface area contributed by atoms with Gasteiger partial charge < -0.3 is 26.4 Å². The van der Waals surface area contributed by atoms with E-state index in [1.807, 2.05) is 6.07 Å². The van der Waals surface area contributed by atoms with Crippen molar-refractivity contribution in [1.82, 2.24) is 20.2 Å². The van der Waals surface area contributed by atoms with Gasteiger partial charge in [-0.1, -0.05) is 24.6 Å². The summed E-state index contributed by atoms with van der Waals surface area (Å²) in [6, 6.07) is 7.59. The van der Waals surface area contributed by atoms with Gasteiger partial charge in [0, 0.05) is 54.1 Å². The fourth-order valence-corrected chi connectivity index (χ4v) is 8.49. The summed E-state index contributed by atoms with van der Waals surface area (Å²) < 4.78 is 48.9. The molecule has 9 nitrogen and oxygen atoms in total. The Kier molecular flexibility index (Phi) is 10.5. The number of thiophene rings is 1. The van der Waals surface area contributed by atoms with E-state index in [9.17, 15) is 14.0 Å². The minimum Gasteiger partial charge on any atom is -0.467 e. The van der Waals surface area contributed by atoms with Gasteiger partial charge in [0.25, 0.3) is 0 Å². The standard InChI is InChI=1S/C24H19ClF2N6OS.C7H12FN.C3H9N/c1-34-24-31-20-13(23(32-24)33-8-10-2-3-11(9-33)30-10)6-15(25)18(19(20)27)12-4-5-16(26)21-17(12)14(7-28)22(29)35-21;8-6-4-7-2-1-3-9(7)5-6;1-2-3-4/h4-6,10-11,30H,2-3,8-9,29H2,1H3;6-7H,1-5H2;2-4H2,1H3. The Labute approximate surface area is 287 Å². The molecule has 8 rings (SSSR count). The van der Waals surface area contributed by atoms with E-state index in [1.54, 1.807) is 6.07 Å². The SMILES string of the molecule is CCCN.COc1nc(N2CC3CCC(C2)N3)c2cc(Cl)c(-c3ccc(F)c4sc(N)c(C#N)c34)c(F)c2n1.FC1CC2CCCN2C1. The molecule has 4 aliphatic rings. The van der Waals surface area contributed by atoms with Crippen molar-refractivity contribution in [3.63, 3.8) is 0 Å². The van der Waals surface area contributed by atoms with Crippen molar-refractivity contribution in [2.45, 2.75) is 69.7 Å². The molecule has 0 spiro atoms. The van der Waals surface area contributed by atoms with Crippen molar-refractivity contribution >= 4 is 54.7 Å². The molecule has 256 valence electrons. The predicted molar refractivity (Wildman–Crippen MR) is 187 cm³/mol. The molecule has 4 fully saturated rings. The number of aromatic nitrogens is 2. The summed E-state index contributed by atoms with van der Waals surface area (Å²) in [5, 5.41) is 14.2. The maximum atomic E-state index is 16.3. The number of methoxy groups -OCH3 is 1. The van der Waals surface area contributed by atoms with Crippen LogP contribution in [0.3, 0.4) is 0 Å². The molecule has 2 aromatic heterocycles. The lowest BCUT2D eigenvalue weighted by Gasteiger charge is -2.34. The van der Waals surface area contributed by atoms with Gasteiger partial charge in [0.2, 0.25) is 0 Å². The first-order valence-electron chi connectivity index (χ1n) is 16.4. The first kappa shape index (κ1) is 34.5. The van der Waals surface area contributed by atoms with Gasteiger partial charge in [-0.3, -0.25) is 4.90 Å².